The molecule has 2 aromatic rings. The smallest absolute Gasteiger partial charge is 0.116 e. The van der Waals surface area contributed by atoms with E-state index in [-0.39, 0.29) is 5.75 Å². The lowest BCUT2D eigenvalue weighted by molar-refractivity contribution is 0.244. The van der Waals surface area contributed by atoms with Crippen molar-refractivity contribution in [2.24, 2.45) is 0 Å². The molecule has 2 heteroatoms. The maximum Gasteiger partial charge on any atom is 0.116 e. The number of phenolic OH excluding ortho intramolecular Hbond substituents is 1. The van der Waals surface area contributed by atoms with Crippen LogP contribution in [0.1, 0.15) is 18.1 Å². The van der Waals surface area contributed by atoms with E-state index in [1.54, 1.807) is 31.2 Å². The summed E-state index contributed by atoms with van der Waals surface area (Å²) in [5, 5.41) is 19.1. The molecule has 18 heavy (non-hydrogen) atoms. The van der Waals surface area contributed by atoms with Gasteiger partial charge in [-0.25, -0.2) is 0 Å². The van der Waals surface area contributed by atoms with Crippen molar-refractivity contribution < 1.29 is 10.2 Å². The van der Waals surface area contributed by atoms with Gasteiger partial charge in [-0.3, -0.25) is 0 Å². The molecule has 0 saturated carbocycles. The molecule has 0 aliphatic heterocycles. The van der Waals surface area contributed by atoms with Crippen molar-refractivity contribution in [1.29, 1.82) is 0 Å². The van der Waals surface area contributed by atoms with Gasteiger partial charge in [0.05, 0.1) is 6.10 Å². The molecular formula is C16H16O2. The van der Waals surface area contributed by atoms with Crippen LogP contribution in [0.4, 0.5) is 0 Å². The van der Waals surface area contributed by atoms with E-state index in [9.17, 15) is 10.2 Å². The van der Waals surface area contributed by atoms with Gasteiger partial charge >= 0.3 is 0 Å². The highest BCUT2D eigenvalue weighted by molar-refractivity contribution is 5.80. The van der Waals surface area contributed by atoms with Crippen molar-refractivity contribution in [3.05, 3.63) is 71.8 Å². The normalized spacial score (nSPS) is 13.3. The van der Waals surface area contributed by atoms with E-state index in [2.05, 4.69) is 0 Å². The van der Waals surface area contributed by atoms with Crippen LogP contribution in [0, 0.1) is 0 Å². The second kappa shape index (κ2) is 5.52. The van der Waals surface area contributed by atoms with Gasteiger partial charge in [0.2, 0.25) is 0 Å². The SMILES string of the molecule is CC(O)/C=C(/c1ccccc1)c1cccc(O)c1. The molecule has 0 aliphatic carbocycles. The third kappa shape index (κ3) is 2.99. The fraction of sp³-hybridized carbons (Fsp3) is 0.125. The minimum Gasteiger partial charge on any atom is -0.508 e. The summed E-state index contributed by atoms with van der Waals surface area (Å²) in [4.78, 5) is 0. The maximum atomic E-state index is 9.58. The van der Waals surface area contributed by atoms with Crippen LogP contribution in [-0.2, 0) is 0 Å². The third-order valence-electron chi connectivity index (χ3n) is 2.65. The van der Waals surface area contributed by atoms with Crippen molar-refractivity contribution in [2.45, 2.75) is 13.0 Å². The number of rotatable bonds is 3. The number of aliphatic hydroxyl groups excluding tert-OH is 1. The molecule has 1 unspecified atom stereocenters. The molecule has 0 aliphatic rings. The summed E-state index contributed by atoms with van der Waals surface area (Å²) in [5.41, 5.74) is 2.83. The molecule has 0 spiro atoms. The average Bonchev–Trinajstić information content (AvgIpc) is 2.37. The van der Waals surface area contributed by atoms with Gasteiger partial charge in [0, 0.05) is 0 Å². The van der Waals surface area contributed by atoms with Crippen LogP contribution in [0.5, 0.6) is 5.75 Å². The lowest BCUT2D eigenvalue weighted by atomic mass is 9.96. The van der Waals surface area contributed by atoms with Crippen LogP contribution in [-0.4, -0.2) is 16.3 Å². The van der Waals surface area contributed by atoms with E-state index in [1.165, 1.54) is 0 Å². The number of hydrogen-bond acceptors (Lipinski definition) is 2. The quantitative estimate of drug-likeness (QED) is 0.865. The fourth-order valence-corrected chi connectivity index (χ4v) is 1.89. The van der Waals surface area contributed by atoms with Crippen molar-refractivity contribution in [3.8, 4) is 5.75 Å². The van der Waals surface area contributed by atoms with E-state index in [4.69, 9.17) is 0 Å². The second-order valence-corrected chi connectivity index (χ2v) is 4.24. The lowest BCUT2D eigenvalue weighted by Crippen LogP contribution is -1.97. The summed E-state index contributed by atoms with van der Waals surface area (Å²) in [6.45, 7) is 1.71. The van der Waals surface area contributed by atoms with Crippen LogP contribution in [0.2, 0.25) is 0 Å². The molecule has 92 valence electrons. The van der Waals surface area contributed by atoms with E-state index < -0.39 is 6.10 Å². The number of aliphatic hydroxyl groups is 1. The molecule has 0 amide bonds. The van der Waals surface area contributed by atoms with Crippen LogP contribution < -0.4 is 0 Å². The Kier molecular flexibility index (Phi) is 3.80. The Hall–Kier alpha value is -2.06. The second-order valence-electron chi connectivity index (χ2n) is 4.24. The van der Waals surface area contributed by atoms with Crippen LogP contribution >= 0.6 is 0 Å². The Bertz CT molecular complexity index is 542. The minimum absolute atomic E-state index is 0.222. The van der Waals surface area contributed by atoms with Crippen molar-refractivity contribution in [2.75, 3.05) is 0 Å². The topological polar surface area (TPSA) is 40.5 Å². The van der Waals surface area contributed by atoms with Gasteiger partial charge in [-0.2, -0.15) is 0 Å². The number of phenols is 1. The lowest BCUT2D eigenvalue weighted by Gasteiger charge is -2.10. The Labute approximate surface area is 107 Å². The zero-order valence-corrected chi connectivity index (χ0v) is 10.2. The molecule has 0 fully saturated rings. The van der Waals surface area contributed by atoms with E-state index in [0.29, 0.717) is 0 Å². The molecule has 2 rings (SSSR count). The Morgan fingerprint density at radius 1 is 1.00 bits per heavy atom. The first-order valence-corrected chi connectivity index (χ1v) is 5.91. The fourth-order valence-electron chi connectivity index (χ4n) is 1.89. The number of benzene rings is 2. The highest BCUT2D eigenvalue weighted by Gasteiger charge is 2.06. The van der Waals surface area contributed by atoms with Gasteiger partial charge in [0.1, 0.15) is 5.75 Å². The van der Waals surface area contributed by atoms with Crippen LogP contribution in [0.25, 0.3) is 5.57 Å². The summed E-state index contributed by atoms with van der Waals surface area (Å²) >= 11 is 0. The molecule has 2 N–H and O–H groups in total. The Morgan fingerprint density at radius 2 is 1.67 bits per heavy atom. The monoisotopic (exact) mass is 240 g/mol. The Balaban J connectivity index is 2.51. The first-order chi connectivity index (χ1) is 8.66. The number of hydrogen-bond donors (Lipinski definition) is 2. The van der Waals surface area contributed by atoms with Crippen LogP contribution in [0.15, 0.2) is 60.7 Å². The largest absolute Gasteiger partial charge is 0.508 e. The summed E-state index contributed by atoms with van der Waals surface area (Å²) in [6.07, 6.45) is 1.24. The molecule has 1 atom stereocenters. The van der Waals surface area contributed by atoms with Gasteiger partial charge < -0.3 is 10.2 Å². The van der Waals surface area contributed by atoms with Crippen LogP contribution in [0.3, 0.4) is 0 Å². The van der Waals surface area contributed by atoms with Gasteiger partial charge in [-0.05, 0) is 41.8 Å². The zero-order valence-electron chi connectivity index (χ0n) is 10.2. The summed E-state index contributed by atoms with van der Waals surface area (Å²) in [7, 11) is 0. The third-order valence-corrected chi connectivity index (χ3v) is 2.65. The molecule has 0 radical (unpaired) electrons. The number of aromatic hydroxyl groups is 1. The summed E-state index contributed by atoms with van der Waals surface area (Å²) in [6, 6.07) is 16.9. The summed E-state index contributed by atoms with van der Waals surface area (Å²) in [5.74, 6) is 0.222. The molecule has 0 bridgehead atoms. The predicted octanol–water partition coefficient (Wildman–Crippen LogP) is 3.20. The van der Waals surface area contributed by atoms with Gasteiger partial charge in [0.15, 0.2) is 0 Å². The molecular weight excluding hydrogens is 224 g/mol. The predicted molar refractivity (Wildman–Crippen MR) is 73.3 cm³/mol. The van der Waals surface area contributed by atoms with E-state index in [0.717, 1.165) is 16.7 Å². The Morgan fingerprint density at radius 3 is 2.28 bits per heavy atom. The molecule has 2 nitrogen and oxygen atoms in total. The standard InChI is InChI=1S/C16H16O2/c1-12(17)10-16(13-6-3-2-4-7-13)14-8-5-9-15(18)11-14/h2-12,17-18H,1H3/b16-10-. The highest BCUT2D eigenvalue weighted by Crippen LogP contribution is 2.26. The van der Waals surface area contributed by atoms with Gasteiger partial charge in [-0.1, -0.05) is 42.5 Å². The average molecular weight is 240 g/mol. The van der Waals surface area contributed by atoms with Gasteiger partial charge in [0.25, 0.3) is 0 Å². The first kappa shape index (κ1) is 12.4. The van der Waals surface area contributed by atoms with Crippen molar-refractivity contribution in [3.63, 3.8) is 0 Å². The van der Waals surface area contributed by atoms with Crippen molar-refractivity contribution in [1.82, 2.24) is 0 Å². The molecule has 0 aromatic heterocycles. The molecule has 2 aromatic carbocycles. The maximum absolute atomic E-state index is 9.58. The van der Waals surface area contributed by atoms with Gasteiger partial charge in [-0.15, -0.1) is 0 Å². The molecule has 0 heterocycles. The van der Waals surface area contributed by atoms with E-state index >= 15 is 0 Å². The minimum atomic E-state index is -0.539. The van der Waals surface area contributed by atoms with Crippen molar-refractivity contribution >= 4 is 5.57 Å². The first-order valence-electron chi connectivity index (χ1n) is 5.91. The summed E-state index contributed by atoms with van der Waals surface area (Å²) < 4.78 is 0. The highest BCUT2D eigenvalue weighted by atomic mass is 16.3. The zero-order chi connectivity index (χ0) is 13.0. The molecule has 0 saturated heterocycles. The van der Waals surface area contributed by atoms with E-state index in [1.807, 2.05) is 36.4 Å².